The zero-order valence-corrected chi connectivity index (χ0v) is 12.7. The molecule has 1 rings (SSSR count). The first kappa shape index (κ1) is 16.9. The van der Waals surface area contributed by atoms with E-state index in [9.17, 15) is 9.59 Å². The van der Waals surface area contributed by atoms with Crippen LogP contribution >= 0.6 is 0 Å². The van der Waals surface area contributed by atoms with Crippen molar-refractivity contribution in [1.29, 1.82) is 0 Å². The first-order valence-electron chi connectivity index (χ1n) is 7.39. The topological polar surface area (TPSA) is 84.7 Å². The fourth-order valence-electron chi connectivity index (χ4n) is 2.39. The normalized spacial score (nSPS) is 20.9. The molecular formula is C14H27N3O3. The van der Waals surface area contributed by atoms with Gasteiger partial charge in [0.2, 0.25) is 11.8 Å². The van der Waals surface area contributed by atoms with Gasteiger partial charge < -0.3 is 20.7 Å². The number of amides is 2. The number of hydrogen-bond acceptors (Lipinski definition) is 4. The average molecular weight is 285 g/mol. The molecule has 1 aliphatic rings. The second kappa shape index (κ2) is 8.21. The van der Waals surface area contributed by atoms with Crippen molar-refractivity contribution in [2.75, 3.05) is 26.3 Å². The van der Waals surface area contributed by atoms with Crippen molar-refractivity contribution in [3.05, 3.63) is 0 Å². The van der Waals surface area contributed by atoms with E-state index in [2.05, 4.69) is 5.32 Å². The van der Waals surface area contributed by atoms with Gasteiger partial charge in [0.25, 0.3) is 0 Å². The maximum atomic E-state index is 12.5. The molecule has 2 amide bonds. The standard InChI is InChI=1S/C14H27N3O3/c1-4-5-11(8-15)14(19)17-6-7-20-9-12(17)13(18)16-10(2)3/h10-12H,4-9,15H2,1-3H3,(H,16,18). The van der Waals surface area contributed by atoms with Crippen molar-refractivity contribution in [1.82, 2.24) is 10.2 Å². The van der Waals surface area contributed by atoms with Crippen LogP contribution in [0.1, 0.15) is 33.6 Å². The van der Waals surface area contributed by atoms with Gasteiger partial charge in [0.05, 0.1) is 19.1 Å². The first-order chi connectivity index (χ1) is 9.51. The van der Waals surface area contributed by atoms with Crippen molar-refractivity contribution in [3.63, 3.8) is 0 Å². The van der Waals surface area contributed by atoms with Crippen LogP contribution in [0.25, 0.3) is 0 Å². The third kappa shape index (κ3) is 4.45. The summed E-state index contributed by atoms with van der Waals surface area (Å²) in [5.41, 5.74) is 5.69. The molecular weight excluding hydrogens is 258 g/mol. The molecule has 2 unspecified atom stereocenters. The second-order valence-electron chi connectivity index (χ2n) is 5.51. The van der Waals surface area contributed by atoms with E-state index < -0.39 is 6.04 Å². The molecule has 0 saturated carbocycles. The van der Waals surface area contributed by atoms with E-state index in [-0.39, 0.29) is 30.4 Å². The Morgan fingerprint density at radius 3 is 2.70 bits per heavy atom. The molecule has 0 bridgehead atoms. The minimum absolute atomic E-state index is 0.0263. The summed E-state index contributed by atoms with van der Waals surface area (Å²) in [5, 5.41) is 2.84. The molecule has 1 aliphatic heterocycles. The highest BCUT2D eigenvalue weighted by molar-refractivity contribution is 5.89. The largest absolute Gasteiger partial charge is 0.377 e. The summed E-state index contributed by atoms with van der Waals surface area (Å²) >= 11 is 0. The number of hydrogen-bond donors (Lipinski definition) is 2. The van der Waals surface area contributed by atoms with Crippen LogP contribution in [0.3, 0.4) is 0 Å². The smallest absolute Gasteiger partial charge is 0.245 e. The van der Waals surface area contributed by atoms with Crippen LogP contribution in [0.4, 0.5) is 0 Å². The Balaban J connectivity index is 2.77. The van der Waals surface area contributed by atoms with Gasteiger partial charge in [0.15, 0.2) is 0 Å². The molecule has 0 aromatic carbocycles. The van der Waals surface area contributed by atoms with E-state index in [4.69, 9.17) is 10.5 Å². The minimum atomic E-state index is -0.537. The Hall–Kier alpha value is -1.14. The molecule has 6 heteroatoms. The molecule has 116 valence electrons. The Labute approximate surface area is 121 Å². The van der Waals surface area contributed by atoms with Crippen molar-refractivity contribution >= 4 is 11.8 Å². The van der Waals surface area contributed by atoms with Gasteiger partial charge in [-0.2, -0.15) is 0 Å². The van der Waals surface area contributed by atoms with Crippen molar-refractivity contribution in [2.45, 2.75) is 45.7 Å². The van der Waals surface area contributed by atoms with Crippen LogP contribution in [0, 0.1) is 5.92 Å². The molecule has 0 aromatic heterocycles. The van der Waals surface area contributed by atoms with E-state index in [1.807, 2.05) is 20.8 Å². The second-order valence-corrected chi connectivity index (χ2v) is 5.51. The Morgan fingerprint density at radius 2 is 2.15 bits per heavy atom. The van der Waals surface area contributed by atoms with Gasteiger partial charge in [0.1, 0.15) is 6.04 Å². The van der Waals surface area contributed by atoms with Crippen LogP contribution in [0.15, 0.2) is 0 Å². The molecule has 3 N–H and O–H groups in total. The Morgan fingerprint density at radius 1 is 1.45 bits per heavy atom. The molecule has 1 fully saturated rings. The SMILES string of the molecule is CCCC(CN)C(=O)N1CCOCC1C(=O)NC(C)C. The molecule has 20 heavy (non-hydrogen) atoms. The fourth-order valence-corrected chi connectivity index (χ4v) is 2.39. The number of ether oxygens (including phenoxy) is 1. The number of carbonyl (C=O) groups excluding carboxylic acids is 2. The molecule has 0 radical (unpaired) electrons. The van der Waals surface area contributed by atoms with Crippen molar-refractivity contribution < 1.29 is 14.3 Å². The summed E-state index contributed by atoms with van der Waals surface area (Å²) in [7, 11) is 0. The van der Waals surface area contributed by atoms with Crippen LogP contribution in [-0.2, 0) is 14.3 Å². The van der Waals surface area contributed by atoms with Gasteiger partial charge >= 0.3 is 0 Å². The van der Waals surface area contributed by atoms with Gasteiger partial charge in [-0.25, -0.2) is 0 Å². The lowest BCUT2D eigenvalue weighted by atomic mass is 10.0. The van der Waals surface area contributed by atoms with Gasteiger partial charge in [-0.15, -0.1) is 0 Å². The lowest BCUT2D eigenvalue weighted by molar-refractivity contribution is -0.151. The molecule has 0 spiro atoms. The van der Waals surface area contributed by atoms with Crippen LogP contribution in [0.5, 0.6) is 0 Å². The monoisotopic (exact) mass is 285 g/mol. The molecule has 0 aromatic rings. The van der Waals surface area contributed by atoms with Crippen molar-refractivity contribution in [3.8, 4) is 0 Å². The lowest BCUT2D eigenvalue weighted by Crippen LogP contribution is -2.58. The van der Waals surface area contributed by atoms with Gasteiger partial charge in [-0.05, 0) is 20.3 Å². The van der Waals surface area contributed by atoms with Crippen LogP contribution < -0.4 is 11.1 Å². The summed E-state index contributed by atoms with van der Waals surface area (Å²) in [6.07, 6.45) is 1.66. The van der Waals surface area contributed by atoms with Crippen LogP contribution in [0.2, 0.25) is 0 Å². The fraction of sp³-hybridized carbons (Fsp3) is 0.857. The number of carbonyl (C=O) groups is 2. The third-order valence-electron chi connectivity index (χ3n) is 3.42. The molecule has 1 heterocycles. The number of morpholine rings is 1. The zero-order valence-electron chi connectivity index (χ0n) is 12.7. The number of nitrogens with zero attached hydrogens (tertiary/aromatic N) is 1. The zero-order chi connectivity index (χ0) is 15.1. The Bertz CT molecular complexity index is 334. The maximum Gasteiger partial charge on any atom is 0.245 e. The summed E-state index contributed by atoms with van der Waals surface area (Å²) in [6.45, 7) is 7.32. The molecule has 1 saturated heterocycles. The number of nitrogens with one attached hydrogen (secondary N) is 1. The van der Waals surface area contributed by atoms with Gasteiger partial charge in [-0.3, -0.25) is 9.59 Å². The van der Waals surface area contributed by atoms with E-state index in [1.165, 1.54) is 0 Å². The minimum Gasteiger partial charge on any atom is -0.377 e. The van der Waals surface area contributed by atoms with Gasteiger partial charge in [-0.1, -0.05) is 13.3 Å². The predicted octanol–water partition coefficient (Wildman–Crippen LogP) is 0.113. The summed E-state index contributed by atoms with van der Waals surface area (Å²) in [4.78, 5) is 26.3. The summed E-state index contributed by atoms with van der Waals surface area (Å²) in [6, 6.07) is -0.494. The summed E-state index contributed by atoms with van der Waals surface area (Å²) < 4.78 is 5.35. The quantitative estimate of drug-likeness (QED) is 0.725. The number of nitrogens with two attached hydrogens (primary N) is 1. The highest BCUT2D eigenvalue weighted by atomic mass is 16.5. The predicted molar refractivity (Wildman–Crippen MR) is 77.1 cm³/mol. The van der Waals surface area contributed by atoms with Crippen molar-refractivity contribution in [2.24, 2.45) is 11.7 Å². The number of rotatable bonds is 6. The average Bonchev–Trinajstić information content (AvgIpc) is 2.43. The van der Waals surface area contributed by atoms with E-state index >= 15 is 0 Å². The molecule has 6 nitrogen and oxygen atoms in total. The molecule has 0 aliphatic carbocycles. The van der Waals surface area contributed by atoms with E-state index in [0.717, 1.165) is 12.8 Å². The first-order valence-corrected chi connectivity index (χ1v) is 7.39. The van der Waals surface area contributed by atoms with E-state index in [0.29, 0.717) is 19.7 Å². The van der Waals surface area contributed by atoms with Crippen LogP contribution in [-0.4, -0.2) is 55.1 Å². The maximum absolute atomic E-state index is 12.5. The highest BCUT2D eigenvalue weighted by Crippen LogP contribution is 2.15. The highest BCUT2D eigenvalue weighted by Gasteiger charge is 2.35. The molecule has 2 atom stereocenters. The van der Waals surface area contributed by atoms with E-state index in [1.54, 1.807) is 4.90 Å². The third-order valence-corrected chi connectivity index (χ3v) is 3.42. The Kier molecular flexibility index (Phi) is 6.95. The lowest BCUT2D eigenvalue weighted by Gasteiger charge is -2.36. The van der Waals surface area contributed by atoms with Gasteiger partial charge in [0, 0.05) is 19.1 Å². The summed E-state index contributed by atoms with van der Waals surface area (Å²) in [5.74, 6) is -0.380.